The number of hydrogen-bond acceptors (Lipinski definition) is 3. The van der Waals surface area contributed by atoms with Crippen molar-refractivity contribution < 1.29 is 42.6 Å². The van der Waals surface area contributed by atoms with Crippen LogP contribution in [0.25, 0.3) is 0 Å². The first-order valence-electron chi connectivity index (χ1n) is 3.65. The van der Waals surface area contributed by atoms with Crippen molar-refractivity contribution in [3.63, 3.8) is 0 Å². The summed E-state index contributed by atoms with van der Waals surface area (Å²) in [5.74, 6) is -1.17. The molecule has 4 heteroatoms. The van der Waals surface area contributed by atoms with Crippen LogP contribution in [0.4, 0.5) is 0 Å². The molecule has 0 aromatic heterocycles. The third-order valence-corrected chi connectivity index (χ3v) is 1.35. The maximum Gasteiger partial charge on any atom is 0.0659 e. The monoisotopic (exact) mass is 243 g/mol. The van der Waals surface area contributed by atoms with Crippen LogP contribution in [0.1, 0.15) is 26.7 Å². The Morgan fingerprint density at radius 1 is 1.58 bits per heavy atom. The Hall–Kier alpha value is 0.0639. The molecule has 0 aliphatic carbocycles. The van der Waals surface area contributed by atoms with Gasteiger partial charge in [0.1, 0.15) is 0 Å². The minimum atomic E-state index is -1.14. The van der Waals surface area contributed by atoms with Crippen LogP contribution >= 0.6 is 0 Å². The molecule has 0 spiro atoms. The SMILES string of the molecule is CC(C)C[C@H](C#N)CC(=O)[O-].[Y]. The van der Waals surface area contributed by atoms with Crippen LogP contribution in [-0.2, 0) is 37.5 Å². The molecule has 0 saturated heterocycles. The average Bonchev–Trinajstić information content (AvgIpc) is 1.84. The van der Waals surface area contributed by atoms with Gasteiger partial charge in [-0.25, -0.2) is 0 Å². The van der Waals surface area contributed by atoms with Crippen LogP contribution in [0.2, 0.25) is 0 Å². The quantitative estimate of drug-likeness (QED) is 0.713. The van der Waals surface area contributed by atoms with E-state index in [9.17, 15) is 9.90 Å². The van der Waals surface area contributed by atoms with Crippen molar-refractivity contribution in [1.82, 2.24) is 0 Å². The number of carbonyl (C=O) groups excluding carboxylic acids is 1. The summed E-state index contributed by atoms with van der Waals surface area (Å²) in [6.07, 6.45) is 0.485. The second-order valence-corrected chi connectivity index (χ2v) is 3.03. The molecule has 1 atom stereocenters. The summed E-state index contributed by atoms with van der Waals surface area (Å²) in [7, 11) is 0. The third-order valence-electron chi connectivity index (χ3n) is 1.35. The van der Waals surface area contributed by atoms with E-state index in [0.29, 0.717) is 12.3 Å². The number of carboxylic acids is 1. The third kappa shape index (κ3) is 8.16. The van der Waals surface area contributed by atoms with Crippen molar-refractivity contribution >= 4 is 5.97 Å². The molecule has 0 heterocycles. The molecule has 0 fully saturated rings. The maximum absolute atomic E-state index is 10.1. The fourth-order valence-corrected chi connectivity index (χ4v) is 0.952. The minimum absolute atomic E-state index is 0. The summed E-state index contributed by atoms with van der Waals surface area (Å²) in [5, 5.41) is 18.6. The van der Waals surface area contributed by atoms with Crippen molar-refractivity contribution in [1.29, 1.82) is 5.26 Å². The van der Waals surface area contributed by atoms with Crippen LogP contribution in [-0.4, -0.2) is 5.97 Å². The number of aliphatic carboxylic acids is 1. The zero-order valence-electron chi connectivity index (χ0n) is 7.41. The van der Waals surface area contributed by atoms with Gasteiger partial charge in [-0.1, -0.05) is 13.8 Å². The summed E-state index contributed by atoms with van der Waals surface area (Å²) in [5.41, 5.74) is 0. The largest absolute Gasteiger partial charge is 0.550 e. The van der Waals surface area contributed by atoms with Gasteiger partial charge in [-0.3, -0.25) is 0 Å². The number of rotatable bonds is 4. The summed E-state index contributed by atoms with van der Waals surface area (Å²) >= 11 is 0. The van der Waals surface area contributed by atoms with Crippen LogP contribution in [0, 0.1) is 23.2 Å². The van der Waals surface area contributed by atoms with Gasteiger partial charge in [-0.15, -0.1) is 0 Å². The first-order chi connectivity index (χ1) is 5.06. The Labute approximate surface area is 98.0 Å². The summed E-state index contributed by atoms with van der Waals surface area (Å²) in [6.45, 7) is 3.92. The van der Waals surface area contributed by atoms with Crippen LogP contribution in [0.15, 0.2) is 0 Å². The fourth-order valence-electron chi connectivity index (χ4n) is 0.952. The van der Waals surface area contributed by atoms with E-state index in [1.165, 1.54) is 0 Å². The maximum atomic E-state index is 10.1. The number of carbonyl (C=O) groups is 1. The first kappa shape index (κ1) is 14.6. The molecule has 65 valence electrons. The molecule has 0 aromatic rings. The molecule has 0 unspecified atom stereocenters. The van der Waals surface area contributed by atoms with Crippen molar-refractivity contribution in [2.75, 3.05) is 0 Å². The molecule has 0 rings (SSSR count). The topological polar surface area (TPSA) is 63.9 Å². The predicted octanol–water partition coefficient (Wildman–Crippen LogP) is 0.310. The normalized spacial score (nSPS) is 11.5. The smallest absolute Gasteiger partial charge is 0.0659 e. The molecule has 12 heavy (non-hydrogen) atoms. The van der Waals surface area contributed by atoms with Gasteiger partial charge in [-0.05, 0) is 12.3 Å². The van der Waals surface area contributed by atoms with E-state index >= 15 is 0 Å². The van der Waals surface area contributed by atoms with E-state index < -0.39 is 5.97 Å². The first-order valence-corrected chi connectivity index (χ1v) is 3.65. The second kappa shape index (κ2) is 7.70. The molecule has 1 radical (unpaired) electrons. The standard InChI is InChI=1S/C8H13NO2.Y/c1-6(2)3-7(5-9)4-8(10)11;/h6-7H,3-4H2,1-2H3,(H,10,11);/p-1/t7-;/m0./s1. The molecule has 3 nitrogen and oxygen atoms in total. The van der Waals surface area contributed by atoms with Gasteiger partial charge < -0.3 is 9.90 Å². The minimum Gasteiger partial charge on any atom is -0.550 e. The molecule has 0 aliphatic rings. The van der Waals surface area contributed by atoms with Gasteiger partial charge in [0.25, 0.3) is 0 Å². The van der Waals surface area contributed by atoms with E-state index in [1.807, 2.05) is 19.9 Å². The van der Waals surface area contributed by atoms with Gasteiger partial charge in [0.05, 0.1) is 12.0 Å². The molecule has 0 aromatic carbocycles. The van der Waals surface area contributed by atoms with E-state index in [0.717, 1.165) is 0 Å². The summed E-state index contributed by atoms with van der Waals surface area (Å²) < 4.78 is 0. The number of nitrogens with zero attached hydrogens (tertiary/aromatic N) is 1. The van der Waals surface area contributed by atoms with Crippen molar-refractivity contribution in [2.45, 2.75) is 26.7 Å². The second-order valence-electron chi connectivity index (χ2n) is 3.03. The van der Waals surface area contributed by atoms with E-state index in [2.05, 4.69) is 0 Å². The van der Waals surface area contributed by atoms with E-state index in [-0.39, 0.29) is 45.0 Å². The van der Waals surface area contributed by atoms with Crippen LogP contribution in [0.5, 0.6) is 0 Å². The average molecular weight is 243 g/mol. The number of nitriles is 1. The van der Waals surface area contributed by atoms with Crippen molar-refractivity contribution in [3.05, 3.63) is 0 Å². The molecule has 0 saturated carbocycles. The fraction of sp³-hybridized carbons (Fsp3) is 0.750. The number of carboxylic acid groups (broad SMARTS) is 1. The Kier molecular flexibility index (Phi) is 9.36. The van der Waals surface area contributed by atoms with E-state index in [4.69, 9.17) is 5.26 Å². The van der Waals surface area contributed by atoms with Gasteiger partial charge in [0, 0.05) is 45.1 Å². The zero-order valence-corrected chi connectivity index (χ0v) is 10.2. The molecule has 0 N–H and O–H groups in total. The Morgan fingerprint density at radius 3 is 2.33 bits per heavy atom. The van der Waals surface area contributed by atoms with Crippen molar-refractivity contribution in [3.8, 4) is 6.07 Å². The Balaban J connectivity index is 0. The molecular formula is C8H12NO2Y-. The van der Waals surface area contributed by atoms with Crippen LogP contribution < -0.4 is 5.11 Å². The van der Waals surface area contributed by atoms with Gasteiger partial charge in [-0.2, -0.15) is 5.26 Å². The zero-order chi connectivity index (χ0) is 8.85. The molecule has 0 bridgehead atoms. The molecule has 0 amide bonds. The van der Waals surface area contributed by atoms with Gasteiger partial charge in [0.2, 0.25) is 0 Å². The van der Waals surface area contributed by atoms with Gasteiger partial charge >= 0.3 is 0 Å². The summed E-state index contributed by atoms with van der Waals surface area (Å²) in [6, 6.07) is 1.94. The van der Waals surface area contributed by atoms with Gasteiger partial charge in [0.15, 0.2) is 0 Å². The van der Waals surface area contributed by atoms with Crippen molar-refractivity contribution in [2.24, 2.45) is 11.8 Å². The van der Waals surface area contributed by atoms with E-state index in [1.54, 1.807) is 0 Å². The summed E-state index contributed by atoms with van der Waals surface area (Å²) in [4.78, 5) is 10.1. The van der Waals surface area contributed by atoms with Crippen LogP contribution in [0.3, 0.4) is 0 Å². The molecular weight excluding hydrogens is 231 g/mol. The Morgan fingerprint density at radius 2 is 2.08 bits per heavy atom. The predicted molar refractivity (Wildman–Crippen MR) is 38.2 cm³/mol. The molecule has 0 aliphatic heterocycles. The Bertz CT molecular complexity index is 174. The number of hydrogen-bond donors (Lipinski definition) is 0.